The van der Waals surface area contributed by atoms with Gasteiger partial charge in [0.25, 0.3) is 11.5 Å². The molecule has 0 fully saturated rings. The van der Waals surface area contributed by atoms with Crippen molar-refractivity contribution in [2.45, 2.75) is 19.6 Å². The monoisotopic (exact) mass is 401 g/mol. The number of carbonyl (C=O) groups is 2. The summed E-state index contributed by atoms with van der Waals surface area (Å²) < 4.78 is 20.5. The van der Waals surface area contributed by atoms with E-state index in [1.165, 1.54) is 16.7 Å². The van der Waals surface area contributed by atoms with Gasteiger partial charge in [-0.3, -0.25) is 14.4 Å². The molecule has 0 atom stereocenters. The highest BCUT2D eigenvalue weighted by molar-refractivity contribution is 5.98. The fourth-order valence-corrected chi connectivity index (χ4v) is 3.14. The van der Waals surface area contributed by atoms with Crippen LogP contribution in [0.5, 0.6) is 5.75 Å². The molecule has 2 aromatic rings. The minimum Gasteiger partial charge on any atom is -0.506 e. The molecule has 0 bridgehead atoms. The Morgan fingerprint density at radius 1 is 1.38 bits per heavy atom. The number of halogens is 1. The van der Waals surface area contributed by atoms with Gasteiger partial charge in [0.1, 0.15) is 29.7 Å². The molecule has 0 aliphatic carbocycles. The first kappa shape index (κ1) is 20.0. The van der Waals surface area contributed by atoms with Gasteiger partial charge >= 0.3 is 5.97 Å². The molecule has 1 amide bonds. The van der Waals surface area contributed by atoms with Crippen molar-refractivity contribution in [3.05, 3.63) is 62.3 Å². The molecule has 1 aliphatic heterocycles. The molecule has 0 unspecified atom stereocenters. The van der Waals surface area contributed by atoms with Gasteiger partial charge in [0.2, 0.25) is 0 Å². The Hall–Kier alpha value is -3.71. The maximum Gasteiger partial charge on any atom is 0.322 e. The van der Waals surface area contributed by atoms with Crippen LogP contribution in [0.1, 0.15) is 32.7 Å². The fourth-order valence-electron chi connectivity index (χ4n) is 3.14. The van der Waals surface area contributed by atoms with Gasteiger partial charge in [-0.2, -0.15) is 5.26 Å². The summed E-state index contributed by atoms with van der Waals surface area (Å²) in [5.41, 5.74) is -0.528. The molecule has 2 heterocycles. The summed E-state index contributed by atoms with van der Waals surface area (Å²) in [7, 11) is 0. The molecular weight excluding hydrogens is 385 g/mol. The molecule has 0 radical (unpaired) electrons. The highest BCUT2D eigenvalue weighted by Gasteiger charge is 2.28. The second kappa shape index (κ2) is 8.12. The average Bonchev–Trinajstić information content (AvgIpc) is 2.70. The van der Waals surface area contributed by atoms with Gasteiger partial charge in [0, 0.05) is 17.7 Å². The van der Waals surface area contributed by atoms with E-state index in [0.29, 0.717) is 11.3 Å². The summed E-state index contributed by atoms with van der Waals surface area (Å²) in [6, 6.07) is 5.59. The average molecular weight is 401 g/mol. The zero-order valence-electron chi connectivity index (χ0n) is 15.1. The van der Waals surface area contributed by atoms with Crippen LogP contribution in [0, 0.1) is 17.1 Å². The number of hydrogen-bond acceptors (Lipinski definition) is 6. The number of fused-ring (bicyclic) bond motifs is 1. The quantitative estimate of drug-likeness (QED) is 0.662. The number of amides is 1. The van der Waals surface area contributed by atoms with Crippen LogP contribution in [0.4, 0.5) is 4.39 Å². The van der Waals surface area contributed by atoms with Crippen molar-refractivity contribution < 1.29 is 28.9 Å². The molecule has 1 aromatic heterocycles. The zero-order valence-corrected chi connectivity index (χ0v) is 15.1. The minimum absolute atomic E-state index is 0.0393. The predicted molar refractivity (Wildman–Crippen MR) is 95.9 cm³/mol. The van der Waals surface area contributed by atoms with Crippen molar-refractivity contribution in [2.75, 3.05) is 13.2 Å². The van der Waals surface area contributed by atoms with Crippen molar-refractivity contribution in [1.29, 1.82) is 5.26 Å². The Labute approximate surface area is 163 Å². The highest BCUT2D eigenvalue weighted by Crippen LogP contribution is 2.28. The van der Waals surface area contributed by atoms with Gasteiger partial charge in [-0.25, -0.2) is 4.39 Å². The molecule has 0 saturated heterocycles. The summed E-state index contributed by atoms with van der Waals surface area (Å²) in [6.45, 7) is -0.587. The van der Waals surface area contributed by atoms with Gasteiger partial charge in [0.05, 0.1) is 25.3 Å². The second-order valence-electron chi connectivity index (χ2n) is 6.35. The number of benzene rings is 1. The maximum absolute atomic E-state index is 14.0. The number of hydrogen-bond donors (Lipinski definition) is 3. The zero-order chi connectivity index (χ0) is 21.1. The smallest absolute Gasteiger partial charge is 0.322 e. The number of ether oxygens (including phenoxy) is 1. The van der Waals surface area contributed by atoms with Gasteiger partial charge in [-0.1, -0.05) is 6.07 Å². The molecule has 150 valence electrons. The number of nitrogens with zero attached hydrogens (tertiary/aromatic N) is 2. The van der Waals surface area contributed by atoms with E-state index in [1.54, 1.807) is 6.07 Å². The number of carboxylic acids is 1. The van der Waals surface area contributed by atoms with Crippen LogP contribution < -0.4 is 10.9 Å². The van der Waals surface area contributed by atoms with Crippen molar-refractivity contribution in [3.63, 3.8) is 0 Å². The lowest BCUT2D eigenvalue weighted by Crippen LogP contribution is -2.38. The normalized spacial score (nSPS) is 12.7. The molecule has 3 N–H and O–H groups in total. The Morgan fingerprint density at radius 3 is 2.79 bits per heavy atom. The number of aliphatic carboxylic acids is 1. The molecule has 1 aromatic carbocycles. The number of carbonyl (C=O) groups excluding carboxylic acids is 1. The lowest BCUT2D eigenvalue weighted by Gasteiger charge is -2.24. The number of carboxylic acid groups (broad SMARTS) is 1. The lowest BCUT2D eigenvalue weighted by molar-refractivity contribution is -0.135. The summed E-state index contributed by atoms with van der Waals surface area (Å²) in [5.74, 6) is -3.65. The SMILES string of the molecule is N#Cc1ccc(Cn2c3c(c(O)c(C(=O)NCC(=O)O)c2=O)COCC3)cc1F. The summed E-state index contributed by atoms with van der Waals surface area (Å²) in [5, 5.41) is 30.1. The Kier molecular flexibility index (Phi) is 5.61. The standard InChI is InChI=1S/C19H16FN3O6/c20-13-5-10(1-2-11(13)6-21)8-23-14-3-4-29-9-12(14)17(26)16(19(23)28)18(27)22-7-15(24)25/h1-2,5,26H,3-4,7-9H2,(H,22,27)(H,24,25). The van der Waals surface area contributed by atoms with E-state index >= 15 is 0 Å². The first-order chi connectivity index (χ1) is 13.8. The predicted octanol–water partition coefficient (Wildman–Crippen LogP) is 0.500. The van der Waals surface area contributed by atoms with Gasteiger partial charge in [0.15, 0.2) is 0 Å². The van der Waals surface area contributed by atoms with Gasteiger partial charge in [-0.15, -0.1) is 0 Å². The molecular formula is C19H16FN3O6. The summed E-state index contributed by atoms with van der Waals surface area (Å²) in [6.07, 6.45) is 0.286. The van der Waals surface area contributed by atoms with Crippen LogP contribution in [0.3, 0.4) is 0 Å². The molecule has 3 rings (SSSR count). The molecule has 29 heavy (non-hydrogen) atoms. The minimum atomic E-state index is -1.31. The van der Waals surface area contributed by atoms with E-state index < -0.39 is 41.1 Å². The topological polar surface area (TPSA) is 142 Å². The third kappa shape index (κ3) is 3.95. The van der Waals surface area contributed by atoms with E-state index in [4.69, 9.17) is 15.1 Å². The van der Waals surface area contributed by atoms with Crippen molar-refractivity contribution in [2.24, 2.45) is 0 Å². The lowest BCUT2D eigenvalue weighted by atomic mass is 10.0. The molecule has 9 nitrogen and oxygen atoms in total. The first-order valence-electron chi connectivity index (χ1n) is 8.57. The number of nitriles is 1. The first-order valence-corrected chi connectivity index (χ1v) is 8.57. The van der Waals surface area contributed by atoms with Crippen LogP contribution in [0.2, 0.25) is 0 Å². The van der Waals surface area contributed by atoms with Crippen LogP contribution in [0.25, 0.3) is 0 Å². The molecule has 0 spiro atoms. The van der Waals surface area contributed by atoms with E-state index in [9.17, 15) is 23.9 Å². The van der Waals surface area contributed by atoms with Crippen LogP contribution in [-0.2, 0) is 29.1 Å². The van der Waals surface area contributed by atoms with Crippen LogP contribution in [0.15, 0.2) is 23.0 Å². The number of rotatable bonds is 5. The Balaban J connectivity index is 2.10. The van der Waals surface area contributed by atoms with E-state index in [-0.39, 0.29) is 37.3 Å². The number of nitrogens with one attached hydrogen (secondary N) is 1. The van der Waals surface area contributed by atoms with E-state index in [2.05, 4.69) is 5.32 Å². The number of aromatic nitrogens is 1. The Morgan fingerprint density at radius 2 is 2.14 bits per heavy atom. The van der Waals surface area contributed by atoms with E-state index in [0.717, 1.165) is 6.07 Å². The largest absolute Gasteiger partial charge is 0.506 e. The van der Waals surface area contributed by atoms with Crippen molar-refractivity contribution in [3.8, 4) is 11.8 Å². The highest BCUT2D eigenvalue weighted by atomic mass is 19.1. The third-order valence-corrected chi connectivity index (χ3v) is 4.51. The maximum atomic E-state index is 14.0. The van der Waals surface area contributed by atoms with Crippen molar-refractivity contribution in [1.82, 2.24) is 9.88 Å². The number of aromatic hydroxyl groups is 1. The third-order valence-electron chi connectivity index (χ3n) is 4.51. The fraction of sp³-hybridized carbons (Fsp3) is 0.263. The van der Waals surface area contributed by atoms with Crippen LogP contribution >= 0.6 is 0 Å². The van der Waals surface area contributed by atoms with Gasteiger partial charge < -0.3 is 24.8 Å². The van der Waals surface area contributed by atoms with E-state index in [1.807, 2.05) is 0 Å². The number of pyridine rings is 1. The molecule has 1 aliphatic rings. The molecule has 10 heteroatoms. The Bertz CT molecular complexity index is 1100. The van der Waals surface area contributed by atoms with Gasteiger partial charge in [-0.05, 0) is 17.7 Å². The summed E-state index contributed by atoms with van der Waals surface area (Å²) in [4.78, 5) is 36.0. The van der Waals surface area contributed by atoms with Crippen molar-refractivity contribution >= 4 is 11.9 Å². The van der Waals surface area contributed by atoms with Crippen LogP contribution in [-0.4, -0.2) is 39.8 Å². The summed E-state index contributed by atoms with van der Waals surface area (Å²) >= 11 is 0. The molecule has 0 saturated carbocycles. The second-order valence-corrected chi connectivity index (χ2v) is 6.35.